The summed E-state index contributed by atoms with van der Waals surface area (Å²) in [5.41, 5.74) is 0. The van der Waals surface area contributed by atoms with Crippen molar-refractivity contribution in [1.82, 2.24) is 4.90 Å². The molecule has 0 N–H and O–H groups in total. The maximum absolute atomic E-state index is 2.18. The van der Waals surface area contributed by atoms with Gasteiger partial charge in [0.2, 0.25) is 0 Å². The molecule has 0 aromatic rings. The van der Waals surface area contributed by atoms with Crippen LogP contribution in [0.3, 0.4) is 0 Å². The molecule has 0 fully saturated rings. The van der Waals surface area contributed by atoms with Crippen LogP contribution in [0.5, 0.6) is 0 Å². The monoisotopic (exact) mass is 269 g/mol. The fraction of sp³-hybridized carbons (Fsp3) is 0.778. The predicted molar refractivity (Wildman–Crippen MR) is 50.7 cm³/mol. The summed E-state index contributed by atoms with van der Waals surface area (Å²) in [6, 6.07) is 0. The molecule has 0 aromatic carbocycles. The van der Waals surface area contributed by atoms with Gasteiger partial charge < -0.3 is 12.3 Å². The van der Waals surface area contributed by atoms with E-state index in [2.05, 4.69) is 32.5 Å². The molecule has 0 aliphatic rings. The zero-order valence-corrected chi connectivity index (χ0v) is 18.5. The SMILES string of the molecule is CC.CCC[CH-]N(C)C.[CH3-].[K+].[Rb+]. The molecule has 0 rings (SSSR count). The Hall–Kier alpha value is 3.40. The fourth-order valence-corrected chi connectivity index (χ4v) is 0.387. The third kappa shape index (κ3) is 37.6. The van der Waals surface area contributed by atoms with Crippen molar-refractivity contribution in [3.05, 3.63) is 14.0 Å². The quantitative estimate of drug-likeness (QED) is 0.390. The van der Waals surface area contributed by atoms with Crippen LogP contribution in [0.2, 0.25) is 0 Å². The van der Waals surface area contributed by atoms with Crippen molar-refractivity contribution in [2.75, 3.05) is 14.1 Å². The normalized spacial score (nSPS) is 6.50. The van der Waals surface area contributed by atoms with Gasteiger partial charge in [0.05, 0.1) is 0 Å². The summed E-state index contributed by atoms with van der Waals surface area (Å²) in [5.74, 6) is 0. The van der Waals surface area contributed by atoms with Crippen molar-refractivity contribution in [2.24, 2.45) is 0 Å². The number of unbranched alkanes of at least 4 members (excludes halogenated alkanes) is 1. The van der Waals surface area contributed by atoms with E-state index in [4.69, 9.17) is 0 Å². The Bertz CT molecular complexity index is 43.5. The summed E-state index contributed by atoms with van der Waals surface area (Å²) in [7, 11) is 4.10. The Balaban J connectivity index is -0.0000000303. The van der Waals surface area contributed by atoms with Crippen molar-refractivity contribution in [1.29, 1.82) is 0 Å². The molecule has 0 spiro atoms. The zero-order valence-electron chi connectivity index (χ0n) is 10.4. The summed E-state index contributed by atoms with van der Waals surface area (Å²) >= 11 is 0. The first-order valence-electron chi connectivity index (χ1n) is 3.77. The Morgan fingerprint density at radius 3 is 1.58 bits per heavy atom. The second-order valence-electron chi connectivity index (χ2n) is 1.93. The van der Waals surface area contributed by atoms with E-state index in [9.17, 15) is 0 Å². The second kappa shape index (κ2) is 29.3. The van der Waals surface area contributed by atoms with E-state index in [1.54, 1.807) is 0 Å². The summed E-state index contributed by atoms with van der Waals surface area (Å²) in [6.07, 6.45) is 2.45. The van der Waals surface area contributed by atoms with Crippen LogP contribution >= 0.6 is 0 Å². The van der Waals surface area contributed by atoms with E-state index in [1.165, 1.54) is 12.8 Å². The van der Waals surface area contributed by atoms with Gasteiger partial charge in [0.1, 0.15) is 0 Å². The van der Waals surface area contributed by atoms with E-state index in [-0.39, 0.29) is 117 Å². The molecule has 3 heteroatoms. The molecule has 0 saturated carbocycles. The van der Waals surface area contributed by atoms with Crippen molar-refractivity contribution >= 4 is 0 Å². The van der Waals surface area contributed by atoms with Gasteiger partial charge in [0.25, 0.3) is 0 Å². The molecule has 1 nitrogen and oxygen atoms in total. The molecule has 0 amide bonds. The minimum Gasteiger partial charge on any atom is -0.462 e. The van der Waals surface area contributed by atoms with Gasteiger partial charge in [-0.1, -0.05) is 27.2 Å². The molecule has 0 bridgehead atoms. The molecule has 0 atom stereocenters. The van der Waals surface area contributed by atoms with Crippen LogP contribution in [0, 0.1) is 14.0 Å². The summed E-state index contributed by atoms with van der Waals surface area (Å²) < 4.78 is 0. The summed E-state index contributed by atoms with van der Waals surface area (Å²) in [4.78, 5) is 2.09. The molecule has 0 aliphatic heterocycles. The number of rotatable bonds is 3. The minimum absolute atomic E-state index is 0. The Morgan fingerprint density at radius 2 is 1.50 bits per heavy atom. The van der Waals surface area contributed by atoms with Gasteiger partial charge in [-0.05, 0) is 14.1 Å². The number of nitrogens with zero attached hydrogens (tertiary/aromatic N) is 1. The number of hydrogen-bond acceptors (Lipinski definition) is 1. The van der Waals surface area contributed by atoms with Crippen molar-refractivity contribution in [3.8, 4) is 0 Å². The topological polar surface area (TPSA) is 3.24 Å². The van der Waals surface area contributed by atoms with Crippen LogP contribution in [-0.2, 0) is 0 Å². The Labute approximate surface area is 172 Å². The van der Waals surface area contributed by atoms with Crippen LogP contribution in [0.25, 0.3) is 0 Å². The first-order valence-corrected chi connectivity index (χ1v) is 3.77. The molecule has 0 heterocycles. The van der Waals surface area contributed by atoms with E-state index in [1.807, 2.05) is 13.8 Å². The van der Waals surface area contributed by atoms with Gasteiger partial charge in [-0.3, -0.25) is 6.54 Å². The Kier molecular flexibility index (Phi) is 72.0. The molecule has 0 radical (unpaired) electrons. The fourth-order valence-electron chi connectivity index (χ4n) is 0.387. The van der Waals surface area contributed by atoms with Gasteiger partial charge in [0, 0.05) is 0 Å². The van der Waals surface area contributed by atoms with E-state index in [0.717, 1.165) is 0 Å². The van der Waals surface area contributed by atoms with Crippen LogP contribution in [0.1, 0.15) is 33.6 Å². The molecule has 12 heavy (non-hydrogen) atoms. The molecular weight excluding hydrogens is 247 g/mol. The first kappa shape index (κ1) is 29.5. The van der Waals surface area contributed by atoms with Gasteiger partial charge in [-0.15, -0.1) is 0 Å². The van der Waals surface area contributed by atoms with Gasteiger partial charge in [-0.2, -0.15) is 6.42 Å². The molecule has 0 unspecified atom stereocenters. The van der Waals surface area contributed by atoms with Gasteiger partial charge >= 0.3 is 110 Å². The largest absolute Gasteiger partial charge is 1.00 e. The molecule has 0 aromatic heterocycles. The predicted octanol–water partition coefficient (Wildman–Crippen LogP) is -3.01. The Morgan fingerprint density at radius 1 is 1.17 bits per heavy atom. The van der Waals surface area contributed by atoms with Crippen molar-refractivity contribution < 1.29 is 110 Å². The van der Waals surface area contributed by atoms with E-state index < -0.39 is 0 Å². The van der Waals surface area contributed by atoms with E-state index >= 15 is 0 Å². The van der Waals surface area contributed by atoms with Crippen molar-refractivity contribution in [2.45, 2.75) is 33.6 Å². The summed E-state index contributed by atoms with van der Waals surface area (Å²) in [5, 5.41) is 0. The van der Waals surface area contributed by atoms with Crippen LogP contribution in [-0.4, -0.2) is 19.0 Å². The van der Waals surface area contributed by atoms with Crippen LogP contribution in [0.15, 0.2) is 0 Å². The third-order valence-electron chi connectivity index (χ3n) is 0.783. The molecule has 0 saturated heterocycles. The minimum atomic E-state index is 0. The number of hydrogen-bond donors (Lipinski definition) is 0. The van der Waals surface area contributed by atoms with Gasteiger partial charge in [-0.25, -0.2) is 0 Å². The average Bonchev–Trinajstić information content (AvgIpc) is 1.88. The summed E-state index contributed by atoms with van der Waals surface area (Å²) in [6.45, 7) is 8.36. The molecule has 66 valence electrons. The third-order valence-corrected chi connectivity index (χ3v) is 0.783. The van der Waals surface area contributed by atoms with Crippen LogP contribution in [0.4, 0.5) is 0 Å². The standard InChI is InChI=1S/C6H14N.C2H6.CH3.K.Rb/c1-4-5-6-7(2)3;1-2;;;/h6H,4-5H2,1-3H3;1-2H3;1H3;;/q-1;;-1;2*+1. The second-order valence-corrected chi connectivity index (χ2v) is 1.93. The maximum Gasteiger partial charge on any atom is 1.00 e. The van der Waals surface area contributed by atoms with Crippen molar-refractivity contribution in [3.63, 3.8) is 0 Å². The van der Waals surface area contributed by atoms with Crippen LogP contribution < -0.4 is 110 Å². The average molecular weight is 270 g/mol. The first-order chi connectivity index (χ1) is 4.27. The van der Waals surface area contributed by atoms with Gasteiger partial charge in [0.15, 0.2) is 0 Å². The maximum atomic E-state index is 2.18. The van der Waals surface area contributed by atoms with E-state index in [0.29, 0.717) is 0 Å². The smallest absolute Gasteiger partial charge is 0.462 e. The zero-order chi connectivity index (χ0) is 7.70. The molecular formula is C9H23KNRb. The molecule has 0 aliphatic carbocycles.